The van der Waals surface area contributed by atoms with Gasteiger partial charge in [0.05, 0.1) is 6.26 Å². The molecule has 2 saturated heterocycles. The molecule has 0 aromatic carbocycles. The second kappa shape index (κ2) is 3.89. The molecule has 0 bridgehead atoms. The first-order chi connectivity index (χ1) is 8.04. The van der Waals surface area contributed by atoms with E-state index in [0.29, 0.717) is 0 Å². The number of carbonyl (C=O) groups is 1. The molecule has 2 rings (SSSR count). The Bertz CT molecular complexity index is 469. The minimum absolute atomic E-state index is 0.274. The van der Waals surface area contributed by atoms with Gasteiger partial charge in [-0.3, -0.25) is 4.18 Å². The van der Waals surface area contributed by atoms with Crippen molar-refractivity contribution in [3.05, 3.63) is 0 Å². The van der Waals surface area contributed by atoms with Crippen LogP contribution in [0.3, 0.4) is 0 Å². The molecule has 2 fully saturated rings. The Labute approximate surface area is 105 Å². The van der Waals surface area contributed by atoms with Crippen molar-refractivity contribution >= 4 is 16.1 Å². The quantitative estimate of drug-likeness (QED) is 0.522. The fourth-order valence-corrected chi connectivity index (χ4v) is 2.61. The summed E-state index contributed by atoms with van der Waals surface area (Å²) in [5, 5.41) is 0. The van der Waals surface area contributed by atoms with E-state index in [1.54, 1.807) is 20.8 Å². The van der Waals surface area contributed by atoms with Gasteiger partial charge in [0.2, 0.25) is 0 Å². The monoisotopic (exact) mass is 280 g/mol. The summed E-state index contributed by atoms with van der Waals surface area (Å²) < 4.78 is 42.7. The van der Waals surface area contributed by atoms with Gasteiger partial charge in [-0.25, -0.2) is 4.79 Å². The van der Waals surface area contributed by atoms with Crippen molar-refractivity contribution in [3.63, 3.8) is 0 Å². The third-order valence-corrected chi connectivity index (χ3v) is 3.42. The molecule has 2 heterocycles. The van der Waals surface area contributed by atoms with Crippen LogP contribution in [0.1, 0.15) is 20.8 Å². The van der Waals surface area contributed by atoms with Crippen LogP contribution in [-0.4, -0.2) is 50.8 Å². The van der Waals surface area contributed by atoms with Crippen molar-refractivity contribution in [1.29, 1.82) is 0 Å². The lowest BCUT2D eigenvalue weighted by Crippen LogP contribution is -2.41. The number of carbonyl (C=O) groups excluding carboxylic acids is 1. The Morgan fingerprint density at radius 2 is 1.94 bits per heavy atom. The van der Waals surface area contributed by atoms with Crippen molar-refractivity contribution in [2.75, 3.05) is 12.9 Å². The summed E-state index contributed by atoms with van der Waals surface area (Å²) in [7, 11) is -3.59. The van der Waals surface area contributed by atoms with Crippen molar-refractivity contribution in [2.45, 2.75) is 44.4 Å². The van der Waals surface area contributed by atoms with Gasteiger partial charge in [0.25, 0.3) is 10.1 Å². The van der Waals surface area contributed by atoms with Gasteiger partial charge in [-0.05, 0) is 20.8 Å². The summed E-state index contributed by atoms with van der Waals surface area (Å²) in [5.41, 5.74) is -1.21. The zero-order chi connectivity index (χ0) is 13.8. The van der Waals surface area contributed by atoms with E-state index in [0.717, 1.165) is 6.26 Å². The number of fused-ring (bicyclic) bond motifs is 1. The maximum absolute atomic E-state index is 11.8. The molecule has 0 N–H and O–H groups in total. The standard InChI is InChI=1S/C10H16O7S/c1-9(2)16-7-6(5-14-18(4,12)13)15-8(11)10(7,3)17-9/h6-7H,5H2,1-4H3/t6-,7-,10-/m1/s1. The SMILES string of the molecule is CC1(C)O[C@@H]2[C@@H](COS(C)(=O)=O)OC(=O)[C@]2(C)O1. The van der Waals surface area contributed by atoms with Crippen LogP contribution in [0.5, 0.6) is 0 Å². The number of hydrogen-bond acceptors (Lipinski definition) is 7. The van der Waals surface area contributed by atoms with E-state index in [1.165, 1.54) is 0 Å². The van der Waals surface area contributed by atoms with Crippen LogP contribution in [0.4, 0.5) is 0 Å². The molecule has 0 saturated carbocycles. The smallest absolute Gasteiger partial charge is 0.341 e. The third kappa shape index (κ3) is 2.37. The summed E-state index contributed by atoms with van der Waals surface area (Å²) in [4.78, 5) is 11.8. The second-order valence-electron chi connectivity index (χ2n) is 5.08. The summed E-state index contributed by atoms with van der Waals surface area (Å²) in [6, 6.07) is 0. The number of hydrogen-bond donors (Lipinski definition) is 0. The fraction of sp³-hybridized carbons (Fsp3) is 0.900. The van der Waals surface area contributed by atoms with E-state index in [2.05, 4.69) is 4.18 Å². The van der Waals surface area contributed by atoms with Crippen molar-refractivity contribution in [2.24, 2.45) is 0 Å². The molecule has 7 nitrogen and oxygen atoms in total. The van der Waals surface area contributed by atoms with Crippen LogP contribution in [0, 0.1) is 0 Å². The topological polar surface area (TPSA) is 88.1 Å². The van der Waals surface area contributed by atoms with Crippen LogP contribution in [0.25, 0.3) is 0 Å². The van der Waals surface area contributed by atoms with E-state index in [-0.39, 0.29) is 6.61 Å². The van der Waals surface area contributed by atoms with Crippen molar-refractivity contribution in [1.82, 2.24) is 0 Å². The highest BCUT2D eigenvalue weighted by Gasteiger charge is 2.64. The highest BCUT2D eigenvalue weighted by molar-refractivity contribution is 7.85. The molecular formula is C10H16O7S. The Hall–Kier alpha value is -0.700. The van der Waals surface area contributed by atoms with E-state index in [9.17, 15) is 13.2 Å². The lowest BCUT2D eigenvalue weighted by molar-refractivity contribution is -0.198. The average Bonchev–Trinajstić information content (AvgIpc) is 2.53. The van der Waals surface area contributed by atoms with E-state index < -0.39 is 39.7 Å². The Balaban J connectivity index is 2.14. The molecule has 104 valence electrons. The van der Waals surface area contributed by atoms with Crippen molar-refractivity contribution in [3.8, 4) is 0 Å². The van der Waals surface area contributed by atoms with Gasteiger partial charge in [0, 0.05) is 0 Å². The molecule has 3 atom stereocenters. The van der Waals surface area contributed by atoms with Crippen LogP contribution < -0.4 is 0 Å². The largest absolute Gasteiger partial charge is 0.455 e. The molecule has 0 radical (unpaired) electrons. The fourth-order valence-electron chi connectivity index (χ4n) is 2.23. The van der Waals surface area contributed by atoms with Gasteiger partial charge in [-0.1, -0.05) is 0 Å². The number of rotatable bonds is 3. The summed E-state index contributed by atoms with van der Waals surface area (Å²) in [5.74, 6) is -1.48. The molecule has 18 heavy (non-hydrogen) atoms. The molecule has 2 aliphatic rings. The molecule has 0 spiro atoms. The first-order valence-electron chi connectivity index (χ1n) is 5.47. The molecular weight excluding hydrogens is 264 g/mol. The predicted molar refractivity (Wildman–Crippen MR) is 59.1 cm³/mol. The Morgan fingerprint density at radius 3 is 2.50 bits per heavy atom. The average molecular weight is 280 g/mol. The molecule has 2 aliphatic heterocycles. The molecule has 0 unspecified atom stereocenters. The Kier molecular flexibility index (Phi) is 2.97. The van der Waals surface area contributed by atoms with Crippen molar-refractivity contribution < 1.29 is 31.6 Å². The number of cyclic esters (lactones) is 1. The minimum Gasteiger partial charge on any atom is -0.455 e. The van der Waals surface area contributed by atoms with Gasteiger partial charge in [0.1, 0.15) is 12.7 Å². The highest BCUT2D eigenvalue weighted by atomic mass is 32.2. The van der Waals surface area contributed by atoms with E-state index in [1.807, 2.05) is 0 Å². The molecule has 0 aromatic heterocycles. The van der Waals surface area contributed by atoms with Gasteiger partial charge >= 0.3 is 5.97 Å². The van der Waals surface area contributed by atoms with E-state index >= 15 is 0 Å². The van der Waals surface area contributed by atoms with Crippen LogP contribution >= 0.6 is 0 Å². The lowest BCUT2D eigenvalue weighted by Gasteiger charge is -2.21. The van der Waals surface area contributed by atoms with Gasteiger partial charge in [-0.2, -0.15) is 8.42 Å². The maximum Gasteiger partial charge on any atom is 0.341 e. The van der Waals surface area contributed by atoms with Gasteiger partial charge < -0.3 is 14.2 Å². The highest BCUT2D eigenvalue weighted by Crippen LogP contribution is 2.43. The molecule has 0 aliphatic carbocycles. The second-order valence-corrected chi connectivity index (χ2v) is 6.72. The zero-order valence-electron chi connectivity index (χ0n) is 10.6. The Morgan fingerprint density at radius 1 is 1.33 bits per heavy atom. The zero-order valence-corrected chi connectivity index (χ0v) is 11.4. The molecule has 8 heteroatoms. The lowest BCUT2D eigenvalue weighted by atomic mass is 9.99. The summed E-state index contributed by atoms with van der Waals surface area (Å²) in [6.07, 6.45) is -0.542. The first-order valence-corrected chi connectivity index (χ1v) is 7.29. The first kappa shape index (κ1) is 13.7. The predicted octanol–water partition coefficient (Wildman–Crippen LogP) is -0.202. The number of esters is 1. The number of ether oxygens (including phenoxy) is 3. The summed E-state index contributed by atoms with van der Waals surface area (Å²) in [6.45, 7) is 4.65. The van der Waals surface area contributed by atoms with Crippen LogP contribution in [-0.2, 0) is 33.3 Å². The molecule has 0 aromatic rings. The van der Waals surface area contributed by atoms with E-state index in [4.69, 9.17) is 14.2 Å². The van der Waals surface area contributed by atoms with Gasteiger partial charge in [0.15, 0.2) is 17.5 Å². The van der Waals surface area contributed by atoms with Gasteiger partial charge in [-0.15, -0.1) is 0 Å². The van der Waals surface area contributed by atoms with Crippen LogP contribution in [0.15, 0.2) is 0 Å². The molecule has 0 amide bonds. The minimum atomic E-state index is -3.59. The maximum atomic E-state index is 11.8. The third-order valence-electron chi connectivity index (χ3n) is 2.86. The normalized spacial score (nSPS) is 38.6. The van der Waals surface area contributed by atoms with Crippen LogP contribution in [0.2, 0.25) is 0 Å². The summed E-state index contributed by atoms with van der Waals surface area (Å²) >= 11 is 0.